The molecule has 2 aromatic heterocycles. The fraction of sp³-hybridized carbons (Fsp3) is 0.333. The highest BCUT2D eigenvalue weighted by molar-refractivity contribution is 5.87. The maximum absolute atomic E-state index is 13.8. The first-order valence-corrected chi connectivity index (χ1v) is 7.98. The number of methoxy groups -OCH3 is 1. The number of rotatable bonds is 3. The van der Waals surface area contributed by atoms with Crippen molar-refractivity contribution in [1.29, 1.82) is 0 Å². The lowest BCUT2D eigenvalue weighted by atomic mass is 10.0. The lowest BCUT2D eigenvalue weighted by Gasteiger charge is -2.13. The average molecular weight is 347 g/mol. The summed E-state index contributed by atoms with van der Waals surface area (Å²) in [6.07, 6.45) is -2.74. The number of hydrogen-bond donors (Lipinski definition) is 0. The number of aromatic nitrogens is 3. The summed E-state index contributed by atoms with van der Waals surface area (Å²) in [5, 5.41) is 4.45. The van der Waals surface area contributed by atoms with E-state index >= 15 is 0 Å². The summed E-state index contributed by atoms with van der Waals surface area (Å²) in [5.74, 6) is 0.579. The Morgan fingerprint density at radius 2 is 1.92 bits per heavy atom. The Balaban J connectivity index is 2.04. The van der Waals surface area contributed by atoms with Crippen LogP contribution in [0.2, 0.25) is 0 Å². The highest BCUT2D eigenvalue weighted by Gasteiger charge is 2.39. The second-order valence-electron chi connectivity index (χ2n) is 6.23. The van der Waals surface area contributed by atoms with Gasteiger partial charge in [0, 0.05) is 18.5 Å². The van der Waals surface area contributed by atoms with Crippen LogP contribution < -0.4 is 4.74 Å². The van der Waals surface area contributed by atoms with Gasteiger partial charge < -0.3 is 4.74 Å². The average Bonchev–Trinajstić information content (AvgIpc) is 3.38. The molecule has 7 heteroatoms. The van der Waals surface area contributed by atoms with Crippen LogP contribution in [0, 0.1) is 0 Å². The first kappa shape index (κ1) is 15.9. The third kappa shape index (κ3) is 2.63. The van der Waals surface area contributed by atoms with Crippen LogP contribution in [-0.2, 0) is 13.2 Å². The van der Waals surface area contributed by atoms with E-state index in [2.05, 4.69) is 10.1 Å². The number of aryl methyl sites for hydroxylation is 1. The van der Waals surface area contributed by atoms with Crippen LogP contribution in [0.5, 0.6) is 5.75 Å². The summed E-state index contributed by atoms with van der Waals surface area (Å²) in [6.45, 7) is 0. The van der Waals surface area contributed by atoms with Crippen molar-refractivity contribution in [3.8, 4) is 17.0 Å². The standard InChI is InChI=1S/C18H16F3N3O/c1-24-17-15(16(23-24)10-7-8-10)12(18(19,20)21)9-13(22-17)11-5-3-4-6-14(11)25-2/h3-6,9-10H,7-8H2,1-2H3. The van der Waals surface area contributed by atoms with E-state index in [-0.39, 0.29) is 22.6 Å². The predicted molar refractivity (Wildman–Crippen MR) is 87.5 cm³/mol. The topological polar surface area (TPSA) is 39.9 Å². The van der Waals surface area contributed by atoms with Gasteiger partial charge in [-0.25, -0.2) is 4.98 Å². The maximum Gasteiger partial charge on any atom is 0.417 e. The van der Waals surface area contributed by atoms with Gasteiger partial charge in [-0.2, -0.15) is 18.3 Å². The zero-order chi connectivity index (χ0) is 17.8. The number of hydrogen-bond acceptors (Lipinski definition) is 3. The van der Waals surface area contributed by atoms with E-state index in [1.807, 2.05) is 0 Å². The smallest absolute Gasteiger partial charge is 0.417 e. The predicted octanol–water partition coefficient (Wildman–Crippen LogP) is 4.54. The minimum atomic E-state index is -4.48. The van der Waals surface area contributed by atoms with Crippen molar-refractivity contribution in [2.24, 2.45) is 7.05 Å². The molecule has 0 atom stereocenters. The van der Waals surface area contributed by atoms with Crippen molar-refractivity contribution >= 4 is 11.0 Å². The minimum absolute atomic E-state index is 0.101. The molecule has 1 saturated carbocycles. The van der Waals surface area contributed by atoms with Crippen LogP contribution >= 0.6 is 0 Å². The normalized spacial score (nSPS) is 14.9. The minimum Gasteiger partial charge on any atom is -0.496 e. The second-order valence-corrected chi connectivity index (χ2v) is 6.23. The maximum atomic E-state index is 13.8. The molecule has 0 radical (unpaired) electrons. The van der Waals surface area contributed by atoms with Crippen molar-refractivity contribution < 1.29 is 17.9 Å². The number of pyridine rings is 1. The molecular weight excluding hydrogens is 331 g/mol. The summed E-state index contributed by atoms with van der Waals surface area (Å²) >= 11 is 0. The van der Waals surface area contributed by atoms with Crippen molar-refractivity contribution in [2.45, 2.75) is 24.9 Å². The molecule has 0 aliphatic heterocycles. The van der Waals surface area contributed by atoms with Crippen molar-refractivity contribution in [3.63, 3.8) is 0 Å². The molecule has 130 valence electrons. The molecule has 0 amide bonds. The van der Waals surface area contributed by atoms with Crippen LogP contribution in [0.25, 0.3) is 22.3 Å². The summed E-state index contributed by atoms with van der Waals surface area (Å²) in [5.41, 5.74) is 0.809. The molecule has 1 aliphatic carbocycles. The molecule has 0 saturated heterocycles. The lowest BCUT2D eigenvalue weighted by Crippen LogP contribution is -2.08. The monoisotopic (exact) mass is 347 g/mol. The van der Waals surface area contributed by atoms with E-state index in [0.717, 1.165) is 18.9 Å². The lowest BCUT2D eigenvalue weighted by molar-refractivity contribution is -0.136. The third-order valence-electron chi connectivity index (χ3n) is 4.47. The van der Waals surface area contributed by atoms with Gasteiger partial charge in [0.2, 0.25) is 0 Å². The quantitative estimate of drug-likeness (QED) is 0.698. The fourth-order valence-electron chi connectivity index (χ4n) is 3.14. The van der Waals surface area contributed by atoms with E-state index < -0.39 is 11.7 Å². The Morgan fingerprint density at radius 1 is 1.20 bits per heavy atom. The fourth-order valence-corrected chi connectivity index (χ4v) is 3.14. The molecule has 0 N–H and O–H groups in total. The molecule has 0 unspecified atom stereocenters. The molecule has 0 bridgehead atoms. The molecule has 0 spiro atoms. The van der Waals surface area contributed by atoms with E-state index in [1.54, 1.807) is 31.3 Å². The van der Waals surface area contributed by atoms with Gasteiger partial charge in [0.1, 0.15) is 5.75 Å². The Labute approximate surface area is 142 Å². The van der Waals surface area contributed by atoms with Crippen LogP contribution in [0.3, 0.4) is 0 Å². The zero-order valence-corrected chi connectivity index (χ0v) is 13.8. The number of para-hydroxylation sites is 1. The first-order chi connectivity index (χ1) is 11.9. The number of alkyl halides is 3. The molecule has 1 fully saturated rings. The molecule has 1 aliphatic rings. The van der Waals surface area contributed by atoms with Gasteiger partial charge >= 0.3 is 6.18 Å². The molecule has 4 rings (SSSR count). The third-order valence-corrected chi connectivity index (χ3v) is 4.47. The van der Waals surface area contributed by atoms with Gasteiger partial charge in [-0.3, -0.25) is 4.68 Å². The van der Waals surface area contributed by atoms with Crippen LogP contribution in [-0.4, -0.2) is 21.9 Å². The SMILES string of the molecule is COc1ccccc1-c1cc(C(F)(F)F)c2c(C3CC3)nn(C)c2n1. The largest absolute Gasteiger partial charge is 0.496 e. The number of halogens is 3. The van der Waals surface area contributed by atoms with Crippen LogP contribution in [0.15, 0.2) is 30.3 Å². The number of ether oxygens (including phenoxy) is 1. The summed E-state index contributed by atoms with van der Waals surface area (Å²) in [6, 6.07) is 8.02. The molecule has 4 nitrogen and oxygen atoms in total. The van der Waals surface area contributed by atoms with Gasteiger partial charge in [0.05, 0.1) is 29.4 Å². The van der Waals surface area contributed by atoms with Gasteiger partial charge in [-0.05, 0) is 31.0 Å². The van der Waals surface area contributed by atoms with E-state index in [4.69, 9.17) is 4.74 Å². The highest BCUT2D eigenvalue weighted by Crippen LogP contribution is 2.46. The van der Waals surface area contributed by atoms with Crippen LogP contribution in [0.4, 0.5) is 13.2 Å². The number of fused-ring (bicyclic) bond motifs is 1. The molecular formula is C18H16F3N3O. The van der Waals surface area contributed by atoms with Gasteiger partial charge in [0.15, 0.2) is 5.65 Å². The summed E-state index contributed by atoms with van der Waals surface area (Å²) < 4.78 is 48.0. The van der Waals surface area contributed by atoms with Gasteiger partial charge in [-0.15, -0.1) is 0 Å². The van der Waals surface area contributed by atoms with Crippen LogP contribution in [0.1, 0.15) is 30.0 Å². The van der Waals surface area contributed by atoms with Gasteiger partial charge in [-0.1, -0.05) is 12.1 Å². The summed E-state index contributed by atoms with van der Waals surface area (Å²) in [4.78, 5) is 4.48. The molecule has 25 heavy (non-hydrogen) atoms. The van der Waals surface area contributed by atoms with Crippen molar-refractivity contribution in [3.05, 3.63) is 41.6 Å². The van der Waals surface area contributed by atoms with Crippen molar-refractivity contribution in [2.75, 3.05) is 7.11 Å². The van der Waals surface area contributed by atoms with Gasteiger partial charge in [0.25, 0.3) is 0 Å². The van der Waals surface area contributed by atoms with E-state index in [0.29, 0.717) is 17.0 Å². The molecule has 2 heterocycles. The van der Waals surface area contributed by atoms with E-state index in [1.165, 1.54) is 11.8 Å². The first-order valence-electron chi connectivity index (χ1n) is 7.98. The molecule has 1 aromatic carbocycles. The zero-order valence-electron chi connectivity index (χ0n) is 13.8. The van der Waals surface area contributed by atoms with Crippen molar-refractivity contribution in [1.82, 2.24) is 14.8 Å². The number of nitrogens with zero attached hydrogens (tertiary/aromatic N) is 3. The number of benzene rings is 1. The second kappa shape index (κ2) is 5.47. The highest BCUT2D eigenvalue weighted by atomic mass is 19.4. The Morgan fingerprint density at radius 3 is 2.56 bits per heavy atom. The van der Waals surface area contributed by atoms with E-state index in [9.17, 15) is 13.2 Å². The Kier molecular flexibility index (Phi) is 3.49. The Bertz CT molecular complexity index is 958. The summed E-state index contributed by atoms with van der Waals surface area (Å²) in [7, 11) is 3.12. The molecule has 3 aromatic rings. The Hall–Kier alpha value is -2.57.